The molecule has 0 aliphatic heterocycles. The maximum absolute atomic E-state index is 12.3. The summed E-state index contributed by atoms with van der Waals surface area (Å²) in [6, 6.07) is 15.8. The molecule has 0 fully saturated rings. The lowest BCUT2D eigenvalue weighted by molar-refractivity contribution is -0.885. The van der Waals surface area contributed by atoms with Crippen molar-refractivity contribution in [2.24, 2.45) is 0 Å². The molecule has 2 N–H and O–H groups in total. The highest BCUT2D eigenvalue weighted by Crippen LogP contribution is 2.23. The lowest BCUT2D eigenvalue weighted by atomic mass is 10.2. The molecule has 2 aromatic carbocycles. The molecular formula is C21H23F2N2O3+. The van der Waals surface area contributed by atoms with E-state index in [0.29, 0.717) is 12.3 Å². The van der Waals surface area contributed by atoms with Crippen molar-refractivity contribution >= 4 is 16.9 Å². The molecule has 148 valence electrons. The Morgan fingerprint density at radius 1 is 1.18 bits per heavy atom. The first-order valence-electron chi connectivity index (χ1n) is 9.03. The van der Waals surface area contributed by atoms with Gasteiger partial charge in [0.25, 0.3) is 5.91 Å². The number of halogens is 2. The van der Waals surface area contributed by atoms with Gasteiger partial charge in [-0.25, -0.2) is 0 Å². The number of amides is 1. The van der Waals surface area contributed by atoms with E-state index in [1.54, 1.807) is 12.1 Å². The minimum atomic E-state index is -2.84. The minimum Gasteiger partial charge on any atom is -0.459 e. The number of benzene rings is 2. The molecule has 28 heavy (non-hydrogen) atoms. The summed E-state index contributed by atoms with van der Waals surface area (Å²) >= 11 is 0. The highest BCUT2D eigenvalue weighted by Gasteiger charge is 2.17. The second-order valence-electron chi connectivity index (χ2n) is 6.81. The Kier molecular flexibility index (Phi) is 6.26. The summed E-state index contributed by atoms with van der Waals surface area (Å²) in [5.74, 6) is 0.735. The molecular weight excluding hydrogens is 366 g/mol. The quantitative estimate of drug-likeness (QED) is 0.623. The van der Waals surface area contributed by atoms with Crippen molar-refractivity contribution in [2.45, 2.75) is 26.1 Å². The van der Waals surface area contributed by atoms with Crippen molar-refractivity contribution in [3.63, 3.8) is 0 Å². The van der Waals surface area contributed by atoms with E-state index in [9.17, 15) is 13.6 Å². The van der Waals surface area contributed by atoms with Crippen molar-refractivity contribution in [1.29, 1.82) is 0 Å². The minimum absolute atomic E-state index is 0.0943. The van der Waals surface area contributed by atoms with Crippen LogP contribution in [0, 0.1) is 0 Å². The average molecular weight is 389 g/mol. The van der Waals surface area contributed by atoms with E-state index < -0.39 is 6.61 Å². The number of alkyl halides is 2. The predicted octanol–water partition coefficient (Wildman–Crippen LogP) is 2.93. The predicted molar refractivity (Wildman–Crippen MR) is 101 cm³/mol. The number of nitrogens with one attached hydrogen (secondary N) is 2. The third-order valence-electron chi connectivity index (χ3n) is 4.37. The van der Waals surface area contributed by atoms with E-state index in [0.717, 1.165) is 21.4 Å². The standard InChI is InChI=1S/C21H22F2N2O3/c1-14(19-11-16-5-3-4-6-18(16)28-19)24-20(26)13-25(2)12-15-7-9-17(10-8-15)27-21(22)23/h3-11,14,21H,12-13H2,1-2H3,(H,24,26)/p+1/t14-/m1/s1. The molecule has 0 bridgehead atoms. The molecule has 2 atom stereocenters. The summed E-state index contributed by atoms with van der Waals surface area (Å²) in [6.45, 7) is -0.0925. The third-order valence-corrected chi connectivity index (χ3v) is 4.37. The molecule has 1 heterocycles. The van der Waals surface area contributed by atoms with Crippen molar-refractivity contribution in [3.8, 4) is 5.75 Å². The number of fused-ring (bicyclic) bond motifs is 1. The van der Waals surface area contributed by atoms with Gasteiger partial charge in [0, 0.05) is 10.9 Å². The molecule has 0 aliphatic rings. The second kappa shape index (κ2) is 8.84. The summed E-state index contributed by atoms with van der Waals surface area (Å²) in [7, 11) is 1.90. The molecule has 1 aromatic heterocycles. The van der Waals surface area contributed by atoms with Crippen LogP contribution in [0.1, 0.15) is 24.3 Å². The number of hydrogen-bond acceptors (Lipinski definition) is 3. The number of furan rings is 1. The van der Waals surface area contributed by atoms with Crippen molar-refractivity contribution < 1.29 is 27.6 Å². The number of ether oxygens (including phenoxy) is 1. The summed E-state index contributed by atoms with van der Waals surface area (Å²) < 4.78 is 34.5. The highest BCUT2D eigenvalue weighted by molar-refractivity contribution is 5.79. The van der Waals surface area contributed by atoms with Crippen LogP contribution < -0.4 is 15.0 Å². The van der Waals surface area contributed by atoms with Gasteiger partial charge < -0.3 is 19.4 Å². The fourth-order valence-corrected chi connectivity index (χ4v) is 3.05. The Morgan fingerprint density at radius 3 is 2.57 bits per heavy atom. The first-order chi connectivity index (χ1) is 13.4. The van der Waals surface area contributed by atoms with Crippen molar-refractivity contribution in [2.75, 3.05) is 13.6 Å². The Labute approximate surface area is 161 Å². The zero-order valence-electron chi connectivity index (χ0n) is 15.7. The van der Waals surface area contributed by atoms with Gasteiger partial charge in [0.05, 0.1) is 13.1 Å². The van der Waals surface area contributed by atoms with Crippen molar-refractivity contribution in [3.05, 3.63) is 65.9 Å². The Balaban J connectivity index is 1.50. The van der Waals surface area contributed by atoms with Crippen LogP contribution in [0.15, 0.2) is 59.0 Å². The van der Waals surface area contributed by atoms with Gasteiger partial charge in [-0.1, -0.05) is 18.2 Å². The number of carbonyl (C=O) groups excluding carboxylic acids is 1. The molecule has 0 spiro atoms. The van der Waals surface area contributed by atoms with Gasteiger partial charge in [-0.3, -0.25) is 4.79 Å². The molecule has 1 amide bonds. The molecule has 0 saturated carbocycles. The maximum Gasteiger partial charge on any atom is 0.387 e. The molecule has 3 rings (SSSR count). The Hall–Kier alpha value is -2.93. The number of hydrogen-bond donors (Lipinski definition) is 2. The van der Waals surface area contributed by atoms with Crippen molar-refractivity contribution in [1.82, 2.24) is 5.32 Å². The molecule has 0 aliphatic carbocycles. The van der Waals surface area contributed by atoms with Gasteiger partial charge in [0.1, 0.15) is 23.6 Å². The van der Waals surface area contributed by atoms with Gasteiger partial charge in [-0.2, -0.15) is 8.78 Å². The zero-order chi connectivity index (χ0) is 20.1. The smallest absolute Gasteiger partial charge is 0.387 e. The van der Waals surface area contributed by atoms with Crippen LogP contribution in [0.4, 0.5) is 8.78 Å². The van der Waals surface area contributed by atoms with Crippen LogP contribution >= 0.6 is 0 Å². The van der Waals surface area contributed by atoms with Crippen LogP contribution in [0.3, 0.4) is 0 Å². The first-order valence-corrected chi connectivity index (χ1v) is 9.03. The fourth-order valence-electron chi connectivity index (χ4n) is 3.05. The zero-order valence-corrected chi connectivity index (χ0v) is 15.7. The number of quaternary nitrogens is 1. The number of para-hydroxylation sites is 1. The molecule has 7 heteroatoms. The van der Waals surface area contributed by atoms with E-state index >= 15 is 0 Å². The van der Waals surface area contributed by atoms with Crippen LogP contribution in [0.5, 0.6) is 5.75 Å². The Bertz CT molecular complexity index is 892. The highest BCUT2D eigenvalue weighted by atomic mass is 19.3. The number of carbonyl (C=O) groups is 1. The van der Waals surface area contributed by atoms with Crippen LogP contribution in [0.2, 0.25) is 0 Å². The third kappa shape index (κ3) is 5.29. The van der Waals surface area contributed by atoms with E-state index in [-0.39, 0.29) is 24.2 Å². The SMILES string of the molecule is C[C@@H](NC(=O)C[NH+](C)Cc1ccc(OC(F)F)cc1)c1cc2ccccc2o1. The average Bonchev–Trinajstić information content (AvgIpc) is 3.07. The van der Waals surface area contributed by atoms with Crippen LogP contribution in [-0.2, 0) is 11.3 Å². The first kappa shape index (κ1) is 19.8. The Morgan fingerprint density at radius 2 is 1.89 bits per heavy atom. The second-order valence-corrected chi connectivity index (χ2v) is 6.81. The van der Waals surface area contributed by atoms with E-state index in [1.807, 2.05) is 44.3 Å². The fraction of sp³-hybridized carbons (Fsp3) is 0.286. The van der Waals surface area contributed by atoms with E-state index in [4.69, 9.17) is 4.42 Å². The molecule has 5 nitrogen and oxygen atoms in total. The van der Waals surface area contributed by atoms with Gasteiger partial charge in [-0.05, 0) is 43.3 Å². The molecule has 1 unspecified atom stereocenters. The molecule has 0 saturated heterocycles. The number of likely N-dealkylation sites (N-methyl/N-ethyl adjacent to an activating group) is 1. The monoisotopic (exact) mass is 389 g/mol. The van der Waals surface area contributed by atoms with Crippen LogP contribution in [-0.4, -0.2) is 26.1 Å². The van der Waals surface area contributed by atoms with Gasteiger partial charge in [0.2, 0.25) is 0 Å². The summed E-state index contributed by atoms with van der Waals surface area (Å²) in [5, 5.41) is 3.95. The lowest BCUT2D eigenvalue weighted by Crippen LogP contribution is -3.08. The van der Waals surface area contributed by atoms with Gasteiger partial charge >= 0.3 is 6.61 Å². The van der Waals surface area contributed by atoms with Gasteiger partial charge in [-0.15, -0.1) is 0 Å². The summed E-state index contributed by atoms with van der Waals surface area (Å²) in [6.07, 6.45) is 0. The maximum atomic E-state index is 12.3. The van der Waals surface area contributed by atoms with Crippen LogP contribution in [0.25, 0.3) is 11.0 Å². The largest absolute Gasteiger partial charge is 0.459 e. The molecule has 3 aromatic rings. The van der Waals surface area contributed by atoms with E-state index in [1.165, 1.54) is 12.1 Å². The lowest BCUT2D eigenvalue weighted by Gasteiger charge is -2.16. The van der Waals surface area contributed by atoms with E-state index in [2.05, 4.69) is 10.1 Å². The number of rotatable bonds is 8. The summed E-state index contributed by atoms with van der Waals surface area (Å²) in [4.78, 5) is 13.3. The summed E-state index contributed by atoms with van der Waals surface area (Å²) in [5.41, 5.74) is 1.72. The van der Waals surface area contributed by atoms with Gasteiger partial charge in [0.15, 0.2) is 6.54 Å². The topological polar surface area (TPSA) is 55.9 Å². The normalized spacial score (nSPS) is 13.5. The molecule has 0 radical (unpaired) electrons.